The number of aromatic carboxylic acids is 1. The van der Waals surface area contributed by atoms with Crippen LogP contribution in [-0.4, -0.2) is 25.5 Å². The molecule has 5 nitrogen and oxygen atoms in total. The molecule has 3 rings (SSSR count). The van der Waals surface area contributed by atoms with Gasteiger partial charge in [-0.1, -0.05) is 6.42 Å². The van der Waals surface area contributed by atoms with Gasteiger partial charge in [-0.3, -0.25) is 0 Å². The van der Waals surface area contributed by atoms with Gasteiger partial charge in [0.2, 0.25) is 10.0 Å². The summed E-state index contributed by atoms with van der Waals surface area (Å²) in [7, 11) is -4.04. The predicted molar refractivity (Wildman–Crippen MR) is 72.9 cm³/mol. The molecule has 7 heteroatoms. The Morgan fingerprint density at radius 1 is 1.29 bits per heavy atom. The molecule has 3 atom stereocenters. The summed E-state index contributed by atoms with van der Waals surface area (Å²) >= 11 is 0. The molecule has 0 heterocycles. The van der Waals surface area contributed by atoms with Crippen LogP contribution in [0.5, 0.6) is 0 Å². The number of carboxylic acid groups (broad SMARTS) is 1. The second-order valence-corrected chi connectivity index (χ2v) is 7.54. The van der Waals surface area contributed by atoms with Gasteiger partial charge in [-0.15, -0.1) is 0 Å². The number of carboxylic acids is 1. The van der Waals surface area contributed by atoms with E-state index in [1.165, 1.54) is 0 Å². The van der Waals surface area contributed by atoms with E-state index in [9.17, 15) is 17.6 Å². The van der Waals surface area contributed by atoms with Crippen molar-refractivity contribution in [1.82, 2.24) is 4.72 Å². The van der Waals surface area contributed by atoms with Crippen LogP contribution in [0, 0.1) is 17.7 Å². The highest BCUT2D eigenvalue weighted by Crippen LogP contribution is 2.44. The van der Waals surface area contributed by atoms with Crippen molar-refractivity contribution in [3.05, 3.63) is 29.6 Å². The molecule has 0 radical (unpaired) electrons. The van der Waals surface area contributed by atoms with Gasteiger partial charge in [0.25, 0.3) is 0 Å². The van der Waals surface area contributed by atoms with E-state index < -0.39 is 26.7 Å². The average molecular weight is 313 g/mol. The van der Waals surface area contributed by atoms with Gasteiger partial charge in [-0.25, -0.2) is 22.3 Å². The largest absolute Gasteiger partial charge is 0.478 e. The molecule has 2 aliphatic carbocycles. The highest BCUT2D eigenvalue weighted by Gasteiger charge is 2.41. The first-order valence-corrected chi connectivity index (χ1v) is 8.40. The maximum Gasteiger partial charge on any atom is 0.335 e. The van der Waals surface area contributed by atoms with Gasteiger partial charge >= 0.3 is 5.97 Å². The Labute approximate surface area is 122 Å². The topological polar surface area (TPSA) is 83.5 Å². The summed E-state index contributed by atoms with van der Waals surface area (Å²) in [6, 6.07) is 2.63. The average Bonchev–Trinajstić information content (AvgIpc) is 3.00. The van der Waals surface area contributed by atoms with E-state index in [0.29, 0.717) is 11.8 Å². The Kier molecular flexibility index (Phi) is 3.49. The SMILES string of the molecule is O=C(O)c1ccc(F)c(S(=O)(=O)NC2CC3CCC2C3)c1. The fourth-order valence-corrected chi connectivity index (χ4v) is 4.92. The summed E-state index contributed by atoms with van der Waals surface area (Å²) in [5.74, 6) is -1.35. The molecule has 3 unspecified atom stereocenters. The highest BCUT2D eigenvalue weighted by atomic mass is 32.2. The van der Waals surface area contributed by atoms with Crippen molar-refractivity contribution in [2.45, 2.75) is 36.6 Å². The van der Waals surface area contributed by atoms with Crippen molar-refractivity contribution in [2.75, 3.05) is 0 Å². The number of sulfonamides is 1. The van der Waals surface area contributed by atoms with Gasteiger partial charge in [-0.05, 0) is 49.3 Å². The summed E-state index contributed by atoms with van der Waals surface area (Å²) in [6.07, 6.45) is 3.93. The Morgan fingerprint density at radius 2 is 2.05 bits per heavy atom. The number of benzene rings is 1. The summed E-state index contributed by atoms with van der Waals surface area (Å²) in [6.45, 7) is 0. The molecule has 21 heavy (non-hydrogen) atoms. The predicted octanol–water partition coefficient (Wildman–Crippen LogP) is 1.99. The van der Waals surface area contributed by atoms with E-state index in [2.05, 4.69) is 4.72 Å². The molecule has 2 aliphatic rings. The maximum atomic E-state index is 13.8. The van der Waals surface area contributed by atoms with Crippen molar-refractivity contribution in [3.63, 3.8) is 0 Å². The van der Waals surface area contributed by atoms with Crippen LogP contribution < -0.4 is 4.72 Å². The normalized spacial score (nSPS) is 28.0. The van der Waals surface area contributed by atoms with Gasteiger partial charge in [0, 0.05) is 6.04 Å². The standard InChI is InChI=1S/C14H16FNO4S/c15-11-4-3-10(14(17)18)7-13(11)21(19,20)16-12-6-8-1-2-9(12)5-8/h3-4,7-9,12,16H,1-2,5-6H2,(H,17,18). The van der Waals surface area contributed by atoms with Gasteiger partial charge < -0.3 is 5.11 Å². The Morgan fingerprint density at radius 3 is 2.62 bits per heavy atom. The maximum absolute atomic E-state index is 13.8. The van der Waals surface area contributed by atoms with Crippen molar-refractivity contribution < 1.29 is 22.7 Å². The Bertz CT molecular complexity index is 688. The van der Waals surface area contributed by atoms with Crippen LogP contribution in [0.4, 0.5) is 4.39 Å². The molecule has 0 aromatic heterocycles. The van der Waals surface area contributed by atoms with Crippen LogP contribution in [0.25, 0.3) is 0 Å². The molecule has 0 aliphatic heterocycles. The number of halogens is 1. The van der Waals surface area contributed by atoms with E-state index in [4.69, 9.17) is 5.11 Å². The first-order chi connectivity index (χ1) is 9.87. The number of carbonyl (C=O) groups is 1. The lowest BCUT2D eigenvalue weighted by atomic mass is 9.96. The first-order valence-electron chi connectivity index (χ1n) is 6.92. The van der Waals surface area contributed by atoms with Gasteiger partial charge in [0.1, 0.15) is 10.7 Å². The molecule has 2 fully saturated rings. The van der Waals surface area contributed by atoms with Crippen LogP contribution in [-0.2, 0) is 10.0 Å². The van der Waals surface area contributed by atoms with E-state index in [-0.39, 0.29) is 11.6 Å². The fourth-order valence-electron chi connectivity index (χ4n) is 3.49. The summed E-state index contributed by atoms with van der Waals surface area (Å²) < 4.78 is 41.0. The van der Waals surface area contributed by atoms with Crippen LogP contribution in [0.2, 0.25) is 0 Å². The summed E-state index contributed by atoms with van der Waals surface area (Å²) in [5.41, 5.74) is -0.246. The van der Waals surface area contributed by atoms with Crippen LogP contribution in [0.1, 0.15) is 36.0 Å². The minimum absolute atomic E-state index is 0.165. The summed E-state index contributed by atoms with van der Waals surface area (Å²) in [5, 5.41) is 8.90. The number of hydrogen-bond donors (Lipinski definition) is 2. The third-order valence-electron chi connectivity index (χ3n) is 4.51. The highest BCUT2D eigenvalue weighted by molar-refractivity contribution is 7.89. The molecule has 114 valence electrons. The number of fused-ring (bicyclic) bond motifs is 2. The number of nitrogens with one attached hydrogen (secondary N) is 1. The molecule has 1 aromatic carbocycles. The minimum Gasteiger partial charge on any atom is -0.478 e. The lowest BCUT2D eigenvalue weighted by molar-refractivity contribution is 0.0696. The second kappa shape index (κ2) is 5.06. The first kappa shape index (κ1) is 14.5. The molecule has 2 saturated carbocycles. The van der Waals surface area contributed by atoms with E-state index in [0.717, 1.165) is 43.9 Å². The van der Waals surface area contributed by atoms with E-state index in [1.807, 2.05) is 0 Å². The molecule has 1 aromatic rings. The van der Waals surface area contributed by atoms with Crippen molar-refractivity contribution in [2.24, 2.45) is 11.8 Å². The lowest BCUT2D eigenvalue weighted by Gasteiger charge is -2.22. The monoisotopic (exact) mass is 313 g/mol. The van der Waals surface area contributed by atoms with Crippen LogP contribution in [0.3, 0.4) is 0 Å². The van der Waals surface area contributed by atoms with Crippen molar-refractivity contribution >= 4 is 16.0 Å². The minimum atomic E-state index is -4.04. The van der Waals surface area contributed by atoms with Gasteiger partial charge in [-0.2, -0.15) is 0 Å². The smallest absolute Gasteiger partial charge is 0.335 e. The van der Waals surface area contributed by atoms with E-state index >= 15 is 0 Å². The zero-order valence-electron chi connectivity index (χ0n) is 11.3. The molecule has 2 N–H and O–H groups in total. The van der Waals surface area contributed by atoms with Crippen molar-refractivity contribution in [3.8, 4) is 0 Å². The lowest BCUT2D eigenvalue weighted by Crippen LogP contribution is -2.38. The van der Waals surface area contributed by atoms with Crippen LogP contribution in [0.15, 0.2) is 23.1 Å². The molecule has 2 bridgehead atoms. The summed E-state index contributed by atoms with van der Waals surface area (Å²) in [4.78, 5) is 10.3. The van der Waals surface area contributed by atoms with Gasteiger partial charge in [0.05, 0.1) is 5.56 Å². The van der Waals surface area contributed by atoms with E-state index in [1.54, 1.807) is 0 Å². The molecule has 0 saturated heterocycles. The molecular formula is C14H16FNO4S. The third kappa shape index (κ3) is 2.67. The Balaban J connectivity index is 1.88. The zero-order valence-corrected chi connectivity index (χ0v) is 12.1. The number of rotatable bonds is 4. The van der Waals surface area contributed by atoms with Crippen molar-refractivity contribution in [1.29, 1.82) is 0 Å². The third-order valence-corrected chi connectivity index (χ3v) is 6.02. The number of hydrogen-bond acceptors (Lipinski definition) is 3. The van der Waals surface area contributed by atoms with Crippen LogP contribution >= 0.6 is 0 Å². The zero-order chi connectivity index (χ0) is 15.2. The molecule has 0 spiro atoms. The van der Waals surface area contributed by atoms with Gasteiger partial charge in [0.15, 0.2) is 0 Å². The molecular weight excluding hydrogens is 297 g/mol. The fraction of sp³-hybridized carbons (Fsp3) is 0.500. The second-order valence-electron chi connectivity index (χ2n) is 5.85. The molecule has 0 amide bonds. The Hall–Kier alpha value is -1.47. The quantitative estimate of drug-likeness (QED) is 0.890.